The molecular weight excluding hydrogens is 230 g/mol. The second-order valence-electron chi connectivity index (χ2n) is 4.34. The maximum atomic E-state index is 5.56. The molecule has 0 aliphatic rings. The predicted molar refractivity (Wildman–Crippen MR) is 67.3 cm³/mol. The van der Waals surface area contributed by atoms with E-state index < -0.39 is 0 Å². The third-order valence-electron chi connectivity index (χ3n) is 2.26. The highest BCUT2D eigenvalue weighted by Gasteiger charge is 2.03. The first-order chi connectivity index (χ1) is 8.63. The number of hydrogen-bond donors (Lipinski definition) is 1. The minimum absolute atomic E-state index is 0.412. The lowest BCUT2D eigenvalue weighted by Crippen LogP contribution is -2.22. The van der Waals surface area contributed by atoms with Gasteiger partial charge < -0.3 is 10.1 Å². The molecule has 0 saturated heterocycles. The topological polar surface area (TPSA) is 64.9 Å². The van der Waals surface area contributed by atoms with Crippen LogP contribution in [0.2, 0.25) is 0 Å². The zero-order valence-corrected chi connectivity index (χ0v) is 10.8. The summed E-state index contributed by atoms with van der Waals surface area (Å²) >= 11 is 0. The molecule has 2 aromatic rings. The average molecular weight is 247 g/mol. The van der Waals surface area contributed by atoms with E-state index in [-0.39, 0.29) is 0 Å². The lowest BCUT2D eigenvalue weighted by Gasteiger charge is -2.08. The highest BCUT2D eigenvalue weighted by Crippen LogP contribution is 2.17. The second kappa shape index (κ2) is 5.59. The Morgan fingerprint density at radius 1 is 1.33 bits per heavy atom. The van der Waals surface area contributed by atoms with Crippen molar-refractivity contribution in [3.8, 4) is 11.6 Å². The van der Waals surface area contributed by atoms with Crippen molar-refractivity contribution in [3.63, 3.8) is 0 Å². The van der Waals surface area contributed by atoms with Crippen LogP contribution in [0, 0.1) is 0 Å². The van der Waals surface area contributed by atoms with E-state index in [4.69, 9.17) is 4.74 Å². The molecule has 0 aromatic carbocycles. The lowest BCUT2D eigenvalue weighted by molar-refractivity contribution is 0.454. The summed E-state index contributed by atoms with van der Waals surface area (Å²) in [5, 5.41) is 7.31. The molecule has 0 unspecified atom stereocenters. The molecule has 0 saturated carbocycles. The maximum absolute atomic E-state index is 5.56. The standard InChI is InChI=1S/C12H17N5O/c1-9(2)14-5-10-4-13-7-12(16-10)18-11-6-15-17(3)8-11/h4,6-9,14H,5H2,1-3H3. The fourth-order valence-electron chi connectivity index (χ4n) is 1.40. The van der Waals surface area contributed by atoms with Gasteiger partial charge in [0.25, 0.3) is 0 Å². The molecule has 0 bridgehead atoms. The summed E-state index contributed by atoms with van der Waals surface area (Å²) in [5.41, 5.74) is 0.852. The van der Waals surface area contributed by atoms with Crippen LogP contribution in [-0.4, -0.2) is 25.8 Å². The molecule has 0 atom stereocenters. The molecule has 2 rings (SSSR count). The maximum Gasteiger partial charge on any atom is 0.238 e. The molecule has 0 aliphatic carbocycles. The van der Waals surface area contributed by atoms with Crippen LogP contribution < -0.4 is 10.1 Å². The molecule has 6 heteroatoms. The minimum Gasteiger partial charge on any atom is -0.434 e. The van der Waals surface area contributed by atoms with Crippen molar-refractivity contribution in [2.24, 2.45) is 7.05 Å². The molecule has 0 fully saturated rings. The van der Waals surface area contributed by atoms with Gasteiger partial charge in [0.05, 0.1) is 24.3 Å². The monoisotopic (exact) mass is 247 g/mol. The summed E-state index contributed by atoms with van der Waals surface area (Å²) in [4.78, 5) is 8.48. The number of nitrogens with zero attached hydrogens (tertiary/aromatic N) is 4. The molecule has 96 valence electrons. The number of aryl methyl sites for hydroxylation is 1. The van der Waals surface area contributed by atoms with Crippen LogP contribution in [0.3, 0.4) is 0 Å². The van der Waals surface area contributed by atoms with Crippen LogP contribution in [0.25, 0.3) is 0 Å². The number of nitrogens with one attached hydrogen (secondary N) is 1. The van der Waals surface area contributed by atoms with Crippen molar-refractivity contribution in [2.45, 2.75) is 26.4 Å². The van der Waals surface area contributed by atoms with E-state index in [0.29, 0.717) is 24.2 Å². The van der Waals surface area contributed by atoms with Crippen LogP contribution in [0.4, 0.5) is 0 Å². The largest absolute Gasteiger partial charge is 0.434 e. The number of aromatic nitrogens is 4. The molecule has 18 heavy (non-hydrogen) atoms. The molecule has 0 spiro atoms. The molecule has 0 aliphatic heterocycles. The molecule has 2 heterocycles. The van der Waals surface area contributed by atoms with Crippen molar-refractivity contribution in [2.75, 3.05) is 0 Å². The summed E-state index contributed by atoms with van der Waals surface area (Å²) in [6.45, 7) is 4.85. The van der Waals surface area contributed by atoms with E-state index in [1.807, 2.05) is 7.05 Å². The molecule has 0 radical (unpaired) electrons. The van der Waals surface area contributed by atoms with Gasteiger partial charge in [-0.25, -0.2) is 4.98 Å². The van der Waals surface area contributed by atoms with E-state index in [0.717, 1.165) is 5.69 Å². The van der Waals surface area contributed by atoms with E-state index in [9.17, 15) is 0 Å². The Bertz CT molecular complexity index is 509. The third-order valence-corrected chi connectivity index (χ3v) is 2.26. The van der Waals surface area contributed by atoms with Gasteiger partial charge in [-0.2, -0.15) is 5.10 Å². The van der Waals surface area contributed by atoms with Crippen molar-refractivity contribution in [1.29, 1.82) is 0 Å². The van der Waals surface area contributed by atoms with Crippen molar-refractivity contribution in [1.82, 2.24) is 25.1 Å². The summed E-state index contributed by atoms with van der Waals surface area (Å²) < 4.78 is 7.24. The van der Waals surface area contributed by atoms with Crippen molar-refractivity contribution in [3.05, 3.63) is 30.5 Å². The van der Waals surface area contributed by atoms with Gasteiger partial charge in [-0.05, 0) is 0 Å². The third kappa shape index (κ3) is 3.53. The quantitative estimate of drug-likeness (QED) is 0.867. The van der Waals surface area contributed by atoms with E-state index in [2.05, 4.69) is 34.2 Å². The van der Waals surface area contributed by atoms with Gasteiger partial charge in [0.15, 0.2) is 5.75 Å². The van der Waals surface area contributed by atoms with E-state index >= 15 is 0 Å². The van der Waals surface area contributed by atoms with Crippen LogP contribution in [0.15, 0.2) is 24.8 Å². The first-order valence-electron chi connectivity index (χ1n) is 5.84. The summed E-state index contributed by atoms with van der Waals surface area (Å²) in [6.07, 6.45) is 6.73. The highest BCUT2D eigenvalue weighted by molar-refractivity contribution is 5.20. The average Bonchev–Trinajstić information content (AvgIpc) is 2.73. The van der Waals surface area contributed by atoms with Crippen LogP contribution in [0.5, 0.6) is 11.6 Å². The Balaban J connectivity index is 2.02. The lowest BCUT2D eigenvalue weighted by atomic mass is 10.3. The fourth-order valence-corrected chi connectivity index (χ4v) is 1.40. The summed E-state index contributed by atoms with van der Waals surface area (Å²) in [7, 11) is 1.83. The predicted octanol–water partition coefficient (Wildman–Crippen LogP) is 1.50. The molecule has 0 amide bonds. The first kappa shape index (κ1) is 12.5. The molecular formula is C12H17N5O. The van der Waals surface area contributed by atoms with Gasteiger partial charge in [0.1, 0.15) is 0 Å². The van der Waals surface area contributed by atoms with Crippen LogP contribution >= 0.6 is 0 Å². The zero-order chi connectivity index (χ0) is 13.0. The minimum atomic E-state index is 0.412. The van der Waals surface area contributed by atoms with Crippen LogP contribution in [-0.2, 0) is 13.6 Å². The van der Waals surface area contributed by atoms with E-state index in [1.54, 1.807) is 29.5 Å². The molecule has 1 N–H and O–H groups in total. The second-order valence-corrected chi connectivity index (χ2v) is 4.34. The normalized spacial score (nSPS) is 10.9. The Morgan fingerprint density at radius 2 is 2.17 bits per heavy atom. The Hall–Kier alpha value is -1.95. The van der Waals surface area contributed by atoms with Crippen molar-refractivity contribution >= 4 is 0 Å². The Labute approximate surface area is 106 Å². The highest BCUT2D eigenvalue weighted by atomic mass is 16.5. The van der Waals surface area contributed by atoms with E-state index in [1.165, 1.54) is 0 Å². The Morgan fingerprint density at radius 3 is 2.83 bits per heavy atom. The van der Waals surface area contributed by atoms with Gasteiger partial charge in [-0.15, -0.1) is 0 Å². The van der Waals surface area contributed by atoms with Gasteiger partial charge in [0, 0.05) is 25.8 Å². The van der Waals surface area contributed by atoms with Crippen LogP contribution in [0.1, 0.15) is 19.5 Å². The number of hydrogen-bond acceptors (Lipinski definition) is 5. The SMILES string of the molecule is CC(C)NCc1cncc(Oc2cnn(C)c2)n1. The summed E-state index contributed by atoms with van der Waals surface area (Å²) in [5.74, 6) is 1.13. The van der Waals surface area contributed by atoms with Gasteiger partial charge in [-0.1, -0.05) is 13.8 Å². The van der Waals surface area contributed by atoms with Crippen molar-refractivity contribution < 1.29 is 4.74 Å². The van der Waals surface area contributed by atoms with Gasteiger partial charge in [0.2, 0.25) is 5.88 Å². The smallest absolute Gasteiger partial charge is 0.238 e. The molecule has 2 aromatic heterocycles. The first-order valence-corrected chi connectivity index (χ1v) is 5.84. The number of ether oxygens (including phenoxy) is 1. The molecule has 6 nitrogen and oxygen atoms in total. The number of rotatable bonds is 5. The van der Waals surface area contributed by atoms with Gasteiger partial charge >= 0.3 is 0 Å². The van der Waals surface area contributed by atoms with Gasteiger partial charge in [-0.3, -0.25) is 9.67 Å². The fraction of sp³-hybridized carbons (Fsp3) is 0.417. The summed E-state index contributed by atoms with van der Waals surface area (Å²) in [6, 6.07) is 0.412. The Kier molecular flexibility index (Phi) is 3.88. The zero-order valence-electron chi connectivity index (χ0n) is 10.8.